The van der Waals surface area contributed by atoms with E-state index in [9.17, 15) is 9.18 Å². The van der Waals surface area contributed by atoms with Gasteiger partial charge in [0.05, 0.1) is 0 Å². The molecule has 0 radical (unpaired) electrons. The second-order valence-corrected chi connectivity index (χ2v) is 3.64. The Labute approximate surface area is 83.9 Å². The Hall–Kier alpha value is -1.18. The molecule has 1 unspecified atom stereocenters. The lowest BCUT2D eigenvalue weighted by Gasteiger charge is -2.08. The summed E-state index contributed by atoms with van der Waals surface area (Å²) >= 11 is 0. The minimum atomic E-state index is -0.259. The van der Waals surface area contributed by atoms with E-state index in [4.69, 9.17) is 0 Å². The van der Waals surface area contributed by atoms with Gasteiger partial charge >= 0.3 is 0 Å². The third kappa shape index (κ3) is 2.19. The van der Waals surface area contributed by atoms with E-state index in [0.717, 1.165) is 6.42 Å². The lowest BCUT2D eigenvalue weighted by atomic mass is 9.96. The number of rotatable bonds is 3. The molecule has 1 aromatic carbocycles. The number of carbonyl (C=O) groups is 1. The van der Waals surface area contributed by atoms with Crippen LogP contribution in [0.3, 0.4) is 0 Å². The molecule has 1 aromatic rings. The molecule has 0 N–H and O–H groups in total. The fourth-order valence-corrected chi connectivity index (χ4v) is 1.27. The van der Waals surface area contributed by atoms with Crippen LogP contribution in [-0.4, -0.2) is 5.78 Å². The largest absolute Gasteiger partial charge is 0.294 e. The molecule has 0 spiro atoms. The van der Waals surface area contributed by atoms with Gasteiger partial charge in [-0.2, -0.15) is 0 Å². The molecule has 0 amide bonds. The molecule has 0 bridgehead atoms. The SMILES string of the molecule is CCC(C)C(=O)c1ccc(F)c(C)c1. The van der Waals surface area contributed by atoms with Crippen molar-refractivity contribution in [1.29, 1.82) is 0 Å². The number of ketones is 1. The van der Waals surface area contributed by atoms with E-state index >= 15 is 0 Å². The van der Waals surface area contributed by atoms with E-state index < -0.39 is 0 Å². The predicted molar refractivity (Wildman–Crippen MR) is 54.9 cm³/mol. The van der Waals surface area contributed by atoms with Crippen LogP contribution in [0.2, 0.25) is 0 Å². The molecule has 76 valence electrons. The maximum atomic E-state index is 12.9. The minimum Gasteiger partial charge on any atom is -0.294 e. The van der Waals surface area contributed by atoms with Crippen LogP contribution >= 0.6 is 0 Å². The molecule has 0 fully saturated rings. The molecule has 1 nitrogen and oxygen atoms in total. The van der Waals surface area contributed by atoms with Crippen molar-refractivity contribution >= 4 is 5.78 Å². The summed E-state index contributed by atoms with van der Waals surface area (Å²) in [6.45, 7) is 5.53. The Balaban J connectivity index is 2.97. The van der Waals surface area contributed by atoms with Gasteiger partial charge in [-0.25, -0.2) is 4.39 Å². The number of carbonyl (C=O) groups excluding carboxylic acids is 1. The Morgan fingerprint density at radius 2 is 2.14 bits per heavy atom. The molecule has 1 rings (SSSR count). The summed E-state index contributed by atoms with van der Waals surface area (Å²) in [7, 11) is 0. The van der Waals surface area contributed by atoms with Crippen molar-refractivity contribution in [2.24, 2.45) is 5.92 Å². The molecule has 0 aliphatic heterocycles. The van der Waals surface area contributed by atoms with Crippen molar-refractivity contribution in [3.8, 4) is 0 Å². The third-order valence-electron chi connectivity index (χ3n) is 2.50. The van der Waals surface area contributed by atoms with Crippen LogP contribution in [0.1, 0.15) is 36.2 Å². The van der Waals surface area contributed by atoms with Gasteiger partial charge in [0.2, 0.25) is 0 Å². The van der Waals surface area contributed by atoms with Gasteiger partial charge < -0.3 is 0 Å². The summed E-state index contributed by atoms with van der Waals surface area (Å²) in [6.07, 6.45) is 0.815. The molecule has 0 aromatic heterocycles. The van der Waals surface area contributed by atoms with Crippen LogP contribution in [0.25, 0.3) is 0 Å². The summed E-state index contributed by atoms with van der Waals surface area (Å²) in [5, 5.41) is 0. The van der Waals surface area contributed by atoms with Crippen LogP contribution in [-0.2, 0) is 0 Å². The number of Topliss-reactive ketones (excluding diaryl/α,β-unsaturated/α-hetero) is 1. The molecule has 14 heavy (non-hydrogen) atoms. The maximum absolute atomic E-state index is 12.9. The van der Waals surface area contributed by atoms with Crippen molar-refractivity contribution in [3.63, 3.8) is 0 Å². The smallest absolute Gasteiger partial charge is 0.165 e. The molecule has 0 aliphatic carbocycles. The Bertz CT molecular complexity index is 344. The average molecular weight is 194 g/mol. The second kappa shape index (κ2) is 4.36. The minimum absolute atomic E-state index is 0.0138. The highest BCUT2D eigenvalue weighted by Crippen LogP contribution is 2.15. The second-order valence-electron chi connectivity index (χ2n) is 3.64. The van der Waals surface area contributed by atoms with E-state index in [2.05, 4.69) is 0 Å². The van der Waals surface area contributed by atoms with Crippen LogP contribution in [0.5, 0.6) is 0 Å². The van der Waals surface area contributed by atoms with E-state index in [1.165, 1.54) is 6.07 Å². The summed E-state index contributed by atoms with van der Waals surface area (Å²) in [6, 6.07) is 4.52. The summed E-state index contributed by atoms with van der Waals surface area (Å²) in [5.41, 5.74) is 1.14. The first kappa shape index (κ1) is 10.9. The summed E-state index contributed by atoms with van der Waals surface area (Å²) in [4.78, 5) is 11.7. The fourth-order valence-electron chi connectivity index (χ4n) is 1.27. The van der Waals surface area contributed by atoms with E-state index in [1.807, 2.05) is 13.8 Å². The Morgan fingerprint density at radius 3 is 2.64 bits per heavy atom. The lowest BCUT2D eigenvalue weighted by molar-refractivity contribution is 0.0927. The van der Waals surface area contributed by atoms with Crippen LogP contribution < -0.4 is 0 Å². The van der Waals surface area contributed by atoms with Crippen molar-refractivity contribution in [2.45, 2.75) is 27.2 Å². The molecular formula is C12H15FO. The first-order valence-corrected chi connectivity index (χ1v) is 4.86. The normalized spacial score (nSPS) is 12.6. The third-order valence-corrected chi connectivity index (χ3v) is 2.50. The molecule has 2 heteroatoms. The molecule has 0 saturated heterocycles. The van der Waals surface area contributed by atoms with Crippen molar-refractivity contribution < 1.29 is 9.18 Å². The Kier molecular flexibility index (Phi) is 3.39. The number of hydrogen-bond donors (Lipinski definition) is 0. The van der Waals surface area contributed by atoms with Crippen molar-refractivity contribution in [2.75, 3.05) is 0 Å². The van der Waals surface area contributed by atoms with E-state index in [0.29, 0.717) is 11.1 Å². The molecule has 0 aliphatic rings. The van der Waals surface area contributed by atoms with Gasteiger partial charge in [-0.1, -0.05) is 13.8 Å². The van der Waals surface area contributed by atoms with Crippen molar-refractivity contribution in [3.05, 3.63) is 35.1 Å². The number of benzene rings is 1. The van der Waals surface area contributed by atoms with Gasteiger partial charge in [-0.3, -0.25) is 4.79 Å². The van der Waals surface area contributed by atoms with Gasteiger partial charge in [-0.05, 0) is 37.1 Å². The summed E-state index contributed by atoms with van der Waals surface area (Å²) < 4.78 is 12.9. The molecule has 1 atom stereocenters. The standard InChI is InChI=1S/C12H15FO/c1-4-8(2)12(14)10-5-6-11(13)9(3)7-10/h5-8H,4H2,1-3H3. The highest BCUT2D eigenvalue weighted by molar-refractivity contribution is 5.97. The lowest BCUT2D eigenvalue weighted by Crippen LogP contribution is -2.10. The van der Waals surface area contributed by atoms with Gasteiger partial charge in [0, 0.05) is 11.5 Å². The monoisotopic (exact) mass is 194 g/mol. The zero-order valence-corrected chi connectivity index (χ0v) is 8.80. The zero-order chi connectivity index (χ0) is 10.7. The Morgan fingerprint density at radius 1 is 1.50 bits per heavy atom. The van der Waals surface area contributed by atoms with Crippen LogP contribution in [0.15, 0.2) is 18.2 Å². The summed E-state index contributed by atoms with van der Waals surface area (Å²) in [5.74, 6) is -0.152. The zero-order valence-electron chi connectivity index (χ0n) is 8.80. The van der Waals surface area contributed by atoms with Crippen LogP contribution in [0, 0.1) is 18.7 Å². The first-order valence-electron chi connectivity index (χ1n) is 4.86. The van der Waals surface area contributed by atoms with E-state index in [-0.39, 0.29) is 17.5 Å². The quantitative estimate of drug-likeness (QED) is 0.674. The van der Waals surface area contributed by atoms with E-state index in [1.54, 1.807) is 19.1 Å². The number of halogens is 1. The number of aryl methyl sites for hydroxylation is 1. The van der Waals surface area contributed by atoms with Gasteiger partial charge in [0.15, 0.2) is 5.78 Å². The fraction of sp³-hybridized carbons (Fsp3) is 0.417. The van der Waals surface area contributed by atoms with Gasteiger partial charge in [0.25, 0.3) is 0 Å². The maximum Gasteiger partial charge on any atom is 0.165 e. The van der Waals surface area contributed by atoms with Crippen molar-refractivity contribution in [1.82, 2.24) is 0 Å². The van der Waals surface area contributed by atoms with Gasteiger partial charge in [-0.15, -0.1) is 0 Å². The first-order chi connectivity index (χ1) is 6.56. The predicted octanol–water partition coefficient (Wildman–Crippen LogP) is 3.36. The van der Waals surface area contributed by atoms with Crippen LogP contribution in [0.4, 0.5) is 4.39 Å². The average Bonchev–Trinajstić information content (AvgIpc) is 2.20. The van der Waals surface area contributed by atoms with Gasteiger partial charge in [0.1, 0.15) is 5.82 Å². The highest BCUT2D eigenvalue weighted by Gasteiger charge is 2.13. The molecule has 0 heterocycles. The molecular weight excluding hydrogens is 179 g/mol. The number of hydrogen-bond acceptors (Lipinski definition) is 1. The topological polar surface area (TPSA) is 17.1 Å². The highest BCUT2D eigenvalue weighted by atomic mass is 19.1. The molecule has 0 saturated carbocycles.